The van der Waals surface area contributed by atoms with Crippen LogP contribution in [-0.4, -0.2) is 80.9 Å². The lowest BCUT2D eigenvalue weighted by molar-refractivity contribution is -0.128. The summed E-state index contributed by atoms with van der Waals surface area (Å²) in [5.74, 6) is -0.411. The van der Waals surface area contributed by atoms with Crippen LogP contribution in [0.5, 0.6) is 0 Å². The number of carbonyl (C=O) groups excluding carboxylic acids is 2. The molecule has 2 aliphatic heterocycles. The predicted octanol–water partition coefficient (Wildman–Crippen LogP) is 4.22. The van der Waals surface area contributed by atoms with E-state index in [1.165, 1.54) is 12.3 Å². The molecule has 4 atom stereocenters. The maximum Gasteiger partial charge on any atom is 0.322 e. The number of Topliss-reactive ketones (excluding diaryl/α,β-unsaturated/α-hetero) is 1. The molecule has 15 heteroatoms. The zero-order valence-corrected chi connectivity index (χ0v) is 26.5. The Bertz CT molecular complexity index is 1780. The van der Waals surface area contributed by atoms with E-state index in [0.717, 1.165) is 25.0 Å². The Labute approximate surface area is 265 Å². The highest BCUT2D eigenvalue weighted by Gasteiger charge is 2.65. The summed E-state index contributed by atoms with van der Waals surface area (Å²) in [6.07, 6.45) is 6.78. The number of halogens is 2. The predicted molar refractivity (Wildman–Crippen MR) is 165 cm³/mol. The summed E-state index contributed by atoms with van der Waals surface area (Å²) < 4.78 is 60.7. The zero-order valence-electron chi connectivity index (χ0n) is 25.7. The molecule has 4 aliphatic rings. The van der Waals surface area contributed by atoms with Gasteiger partial charge >= 0.3 is 6.03 Å². The summed E-state index contributed by atoms with van der Waals surface area (Å²) in [6, 6.07) is 4.64. The van der Waals surface area contributed by atoms with Gasteiger partial charge in [0.05, 0.1) is 29.5 Å². The van der Waals surface area contributed by atoms with Gasteiger partial charge in [-0.3, -0.25) is 9.35 Å². The van der Waals surface area contributed by atoms with Crippen molar-refractivity contribution in [3.05, 3.63) is 53.9 Å². The summed E-state index contributed by atoms with van der Waals surface area (Å²) in [4.78, 5) is 32.5. The van der Waals surface area contributed by atoms with Crippen LogP contribution in [0.1, 0.15) is 64.0 Å². The third-order valence-electron chi connectivity index (χ3n) is 10.5. The first kappa shape index (κ1) is 32.3. The molecular weight excluding hydrogens is 622 g/mol. The van der Waals surface area contributed by atoms with Crippen molar-refractivity contribution in [2.75, 3.05) is 35.6 Å². The van der Waals surface area contributed by atoms with Gasteiger partial charge in [-0.2, -0.15) is 13.5 Å². The first-order valence-corrected chi connectivity index (χ1v) is 17.1. The lowest BCUT2D eigenvalue weighted by Crippen LogP contribution is -2.42. The third kappa shape index (κ3) is 5.84. The highest BCUT2D eigenvalue weighted by molar-refractivity contribution is 7.85. The number of aliphatic hydroxyl groups excluding tert-OH is 1. The number of anilines is 2. The topological polar surface area (TPSA) is 157 Å². The zero-order chi connectivity index (χ0) is 33.0. The number of aliphatic hydroxyl groups is 1. The number of carbonyl (C=O) groups is 2. The van der Waals surface area contributed by atoms with E-state index < -0.39 is 39.0 Å². The molecule has 12 nitrogen and oxygen atoms in total. The van der Waals surface area contributed by atoms with Gasteiger partial charge in [0.25, 0.3) is 10.1 Å². The minimum absolute atomic E-state index is 0.0152. The molecule has 1 aromatic carbocycles. The molecule has 2 bridgehead atoms. The molecule has 0 unspecified atom stereocenters. The number of benzene rings is 1. The van der Waals surface area contributed by atoms with E-state index in [1.807, 2.05) is 18.7 Å². The highest BCUT2D eigenvalue weighted by Crippen LogP contribution is 2.64. The van der Waals surface area contributed by atoms with E-state index in [2.05, 4.69) is 15.4 Å². The van der Waals surface area contributed by atoms with Gasteiger partial charge in [-0.15, -0.1) is 0 Å². The Morgan fingerprint density at radius 1 is 1.15 bits per heavy atom. The molecule has 3 N–H and O–H groups in total. The van der Waals surface area contributed by atoms with Crippen LogP contribution < -0.4 is 10.2 Å². The number of amides is 2. The molecule has 3 aromatic rings. The molecule has 0 spiro atoms. The first-order chi connectivity index (χ1) is 21.7. The van der Waals surface area contributed by atoms with Crippen molar-refractivity contribution in [3.8, 4) is 0 Å². The SMILES string of the molecule is CC1(C)[C@@H]2CC[C@@]1(CS(=O)(=O)O)C(=O)C2.O=C(Nc1cnn2ccc(N3CCC[C@@H]3c3cc(F)ccc3F)nc12)N1CC[C@H](O)C1. The van der Waals surface area contributed by atoms with Crippen molar-refractivity contribution < 1.29 is 36.4 Å². The molecular formula is C31H38F2N6O6S. The Kier molecular flexibility index (Phi) is 8.30. The molecule has 4 fully saturated rings. The van der Waals surface area contributed by atoms with Crippen LogP contribution in [0.3, 0.4) is 0 Å². The summed E-state index contributed by atoms with van der Waals surface area (Å²) in [6.45, 7) is 5.32. The fourth-order valence-corrected chi connectivity index (χ4v) is 9.08. The Balaban J connectivity index is 0.000000208. The number of hydrogen-bond acceptors (Lipinski definition) is 8. The second-order valence-electron chi connectivity index (χ2n) is 13.3. The van der Waals surface area contributed by atoms with E-state index in [-0.39, 0.29) is 29.2 Å². The van der Waals surface area contributed by atoms with Gasteiger partial charge in [0.1, 0.15) is 28.9 Å². The van der Waals surface area contributed by atoms with Crippen LogP contribution in [0.4, 0.5) is 25.1 Å². The minimum Gasteiger partial charge on any atom is -0.391 e. The van der Waals surface area contributed by atoms with E-state index in [1.54, 1.807) is 21.7 Å². The molecule has 2 aliphatic carbocycles. The van der Waals surface area contributed by atoms with Crippen molar-refractivity contribution >= 4 is 39.1 Å². The number of rotatable bonds is 5. The van der Waals surface area contributed by atoms with E-state index in [4.69, 9.17) is 4.55 Å². The Morgan fingerprint density at radius 2 is 1.93 bits per heavy atom. The number of nitrogens with one attached hydrogen (secondary N) is 1. The number of fused-ring (bicyclic) bond motifs is 3. The number of aromatic nitrogens is 3. The van der Waals surface area contributed by atoms with E-state index in [0.29, 0.717) is 68.0 Å². The normalized spacial score (nSPS) is 26.9. The monoisotopic (exact) mass is 660 g/mol. The van der Waals surface area contributed by atoms with Crippen molar-refractivity contribution in [1.29, 1.82) is 0 Å². The van der Waals surface area contributed by atoms with Crippen LogP contribution in [0.2, 0.25) is 0 Å². The van der Waals surface area contributed by atoms with E-state index in [9.17, 15) is 31.9 Å². The van der Waals surface area contributed by atoms with Crippen LogP contribution in [0.25, 0.3) is 5.65 Å². The van der Waals surface area contributed by atoms with Gasteiger partial charge in [-0.25, -0.2) is 23.1 Å². The standard InChI is InChI=1S/C21H22F2N6O2.C10H16O4S/c22-13-3-4-16(23)15(10-13)18-2-1-7-28(18)19-6-9-29-20(26-19)17(11-24-29)25-21(31)27-8-5-14(30)12-27;1-9(2)7-3-4-10(9,8(11)5-7)6-15(12,13)14/h3-4,6,9-11,14,18,30H,1-2,5,7-8,12H2,(H,25,31);7H,3-6H2,1-2H3,(H,12,13,14)/t14-,18+;7-,10-/m01/s1. The lowest BCUT2D eigenvalue weighted by Gasteiger charge is -2.35. The average molecular weight is 661 g/mol. The molecule has 0 radical (unpaired) electrons. The van der Waals surface area contributed by atoms with Crippen LogP contribution in [0.15, 0.2) is 36.7 Å². The van der Waals surface area contributed by atoms with Gasteiger partial charge in [-0.05, 0) is 67.7 Å². The highest BCUT2D eigenvalue weighted by atomic mass is 32.2. The average Bonchev–Trinajstić information content (AvgIpc) is 3.80. The quantitative estimate of drug-likeness (QED) is 0.341. The van der Waals surface area contributed by atoms with Gasteiger partial charge in [-0.1, -0.05) is 13.8 Å². The van der Waals surface area contributed by atoms with Crippen LogP contribution in [-0.2, 0) is 14.9 Å². The summed E-state index contributed by atoms with van der Waals surface area (Å²) in [5, 5.41) is 16.7. The number of urea groups is 1. The number of β-amino-alcohol motifs (C(OH)–C–C–N with tert-alkyl or cyclic N) is 1. The van der Waals surface area contributed by atoms with Crippen molar-refractivity contribution in [3.63, 3.8) is 0 Å². The summed E-state index contributed by atoms with van der Waals surface area (Å²) in [5.41, 5.74) is 0.0937. The molecule has 2 amide bonds. The summed E-state index contributed by atoms with van der Waals surface area (Å²) >= 11 is 0. The number of ketones is 1. The fourth-order valence-electron chi connectivity index (χ4n) is 7.78. The van der Waals surface area contributed by atoms with Gasteiger partial charge in [0.2, 0.25) is 0 Å². The van der Waals surface area contributed by atoms with E-state index >= 15 is 0 Å². The molecule has 7 rings (SSSR count). The van der Waals surface area contributed by atoms with Crippen molar-refractivity contribution in [1.82, 2.24) is 19.5 Å². The molecule has 2 aromatic heterocycles. The fraction of sp³-hybridized carbons (Fsp3) is 0.548. The van der Waals surface area contributed by atoms with Gasteiger partial charge < -0.3 is 20.2 Å². The van der Waals surface area contributed by atoms with Crippen LogP contribution in [0, 0.1) is 28.4 Å². The number of likely N-dealkylation sites (tertiary alicyclic amines) is 1. The lowest BCUT2D eigenvalue weighted by atomic mass is 9.70. The number of hydrogen-bond donors (Lipinski definition) is 3. The van der Waals surface area contributed by atoms with Crippen molar-refractivity contribution in [2.24, 2.45) is 16.7 Å². The molecule has 2 saturated heterocycles. The molecule has 2 saturated carbocycles. The van der Waals surface area contributed by atoms with Gasteiger partial charge in [0, 0.05) is 37.8 Å². The number of nitrogens with zero attached hydrogens (tertiary/aromatic N) is 5. The minimum atomic E-state index is -4.08. The summed E-state index contributed by atoms with van der Waals surface area (Å²) in [7, 11) is -4.08. The molecule has 248 valence electrons. The maximum atomic E-state index is 14.4. The maximum absolute atomic E-state index is 14.4. The van der Waals surface area contributed by atoms with Gasteiger partial charge in [0.15, 0.2) is 5.65 Å². The molecule has 4 heterocycles. The smallest absolute Gasteiger partial charge is 0.322 e. The largest absolute Gasteiger partial charge is 0.391 e. The third-order valence-corrected chi connectivity index (χ3v) is 11.3. The van der Waals surface area contributed by atoms with Crippen molar-refractivity contribution in [2.45, 2.75) is 64.5 Å². The second kappa shape index (κ2) is 11.8. The van der Waals surface area contributed by atoms with Crippen LogP contribution >= 0.6 is 0 Å². The Hall–Kier alpha value is -3.69. The second-order valence-corrected chi connectivity index (χ2v) is 14.8. The first-order valence-electron chi connectivity index (χ1n) is 15.5. The Morgan fingerprint density at radius 3 is 2.59 bits per heavy atom. The molecule has 46 heavy (non-hydrogen) atoms.